The summed E-state index contributed by atoms with van der Waals surface area (Å²) in [5, 5.41) is 2.60. The number of carbonyl (C=O) groups is 1. The smallest absolute Gasteiger partial charge is 0.268 e. The number of hydrogen-bond donors (Lipinski definition) is 1. The van der Waals surface area contributed by atoms with Gasteiger partial charge in [0.15, 0.2) is 0 Å². The van der Waals surface area contributed by atoms with Gasteiger partial charge >= 0.3 is 0 Å². The number of hydrogen-bond acceptors (Lipinski definition) is 4. The molecule has 0 saturated heterocycles. The molecule has 0 heterocycles. The number of anilines is 1. The lowest BCUT2D eigenvalue weighted by molar-refractivity contribution is -0.119. The molecule has 0 fully saturated rings. The number of benzene rings is 2. The fraction of sp³-hybridized carbons (Fsp3) is 0.211. The van der Waals surface area contributed by atoms with Gasteiger partial charge in [0.25, 0.3) is 10.0 Å². The Bertz CT molecular complexity index is 880. The van der Waals surface area contributed by atoms with Gasteiger partial charge in [-0.2, -0.15) is 0 Å². The molecule has 2 aromatic rings. The molecule has 0 spiro atoms. The molecule has 26 heavy (non-hydrogen) atoms. The normalized spacial score (nSPS) is 10.8. The maximum Gasteiger partial charge on any atom is 0.268 e. The Morgan fingerprint density at radius 3 is 2.54 bits per heavy atom. The molecule has 0 saturated carbocycles. The summed E-state index contributed by atoms with van der Waals surface area (Å²) in [5.41, 5.74) is 1.17. The van der Waals surface area contributed by atoms with E-state index in [0.29, 0.717) is 5.69 Å². The second-order valence-corrected chi connectivity index (χ2v) is 7.43. The largest absolute Gasteiger partial charge is 0.495 e. The number of carbonyl (C=O) groups excluding carboxylic acids is 1. The highest BCUT2D eigenvalue weighted by Crippen LogP contribution is 2.30. The van der Waals surface area contributed by atoms with Gasteiger partial charge in [-0.1, -0.05) is 30.3 Å². The fourth-order valence-electron chi connectivity index (χ4n) is 2.39. The van der Waals surface area contributed by atoms with E-state index in [1.807, 2.05) is 0 Å². The fourth-order valence-corrected chi connectivity index (χ4v) is 4.05. The van der Waals surface area contributed by atoms with Gasteiger partial charge in [0.1, 0.15) is 17.2 Å². The van der Waals surface area contributed by atoms with Gasteiger partial charge < -0.3 is 10.1 Å². The Balaban J connectivity index is 2.52. The van der Waals surface area contributed by atoms with Crippen molar-refractivity contribution in [2.75, 3.05) is 24.5 Å². The standard InChI is InChI=1S/C19H22N2O4S/c1-4-12-20-19(22)14-21(16-8-6-5-7-9-16)26(23,24)18-13-15(2)10-11-17(18)25-3/h4-11,13H,1,12,14H2,2-3H3,(H,20,22). The van der Waals surface area contributed by atoms with Gasteiger partial charge in [-0.05, 0) is 36.8 Å². The van der Waals surface area contributed by atoms with Crippen LogP contribution in [0.5, 0.6) is 5.75 Å². The minimum Gasteiger partial charge on any atom is -0.495 e. The quantitative estimate of drug-likeness (QED) is 0.721. The van der Waals surface area contributed by atoms with Crippen molar-refractivity contribution in [2.24, 2.45) is 0 Å². The number of ether oxygens (including phenoxy) is 1. The van der Waals surface area contributed by atoms with Gasteiger partial charge in [0.05, 0.1) is 12.8 Å². The first-order valence-corrected chi connectivity index (χ1v) is 9.44. The molecule has 0 aliphatic carbocycles. The predicted molar refractivity (Wildman–Crippen MR) is 102 cm³/mol. The topological polar surface area (TPSA) is 75.7 Å². The van der Waals surface area contributed by atoms with Crippen molar-refractivity contribution in [2.45, 2.75) is 11.8 Å². The van der Waals surface area contributed by atoms with Crippen LogP contribution < -0.4 is 14.4 Å². The summed E-state index contributed by atoms with van der Waals surface area (Å²) in [6.45, 7) is 5.24. The van der Waals surface area contributed by atoms with Crippen LogP contribution in [-0.2, 0) is 14.8 Å². The zero-order valence-electron chi connectivity index (χ0n) is 14.8. The number of methoxy groups -OCH3 is 1. The maximum absolute atomic E-state index is 13.3. The van der Waals surface area contributed by atoms with Crippen LogP contribution in [0.3, 0.4) is 0 Å². The zero-order chi connectivity index (χ0) is 19.2. The number of sulfonamides is 1. The molecule has 0 radical (unpaired) electrons. The van der Waals surface area contributed by atoms with Gasteiger partial charge in [-0.25, -0.2) is 8.42 Å². The Kier molecular flexibility index (Phi) is 6.41. The van der Waals surface area contributed by atoms with Crippen LogP contribution in [0.2, 0.25) is 0 Å². The van der Waals surface area contributed by atoms with Crippen molar-refractivity contribution >= 4 is 21.6 Å². The molecule has 1 amide bonds. The third-order valence-corrected chi connectivity index (χ3v) is 5.46. The van der Waals surface area contributed by atoms with Crippen molar-refractivity contribution in [3.63, 3.8) is 0 Å². The molecule has 1 N–H and O–H groups in total. The van der Waals surface area contributed by atoms with Crippen LogP contribution in [0, 0.1) is 6.92 Å². The Morgan fingerprint density at radius 2 is 1.92 bits per heavy atom. The summed E-state index contributed by atoms with van der Waals surface area (Å²) in [4.78, 5) is 12.2. The maximum atomic E-state index is 13.3. The van der Waals surface area contributed by atoms with Crippen molar-refractivity contribution < 1.29 is 17.9 Å². The van der Waals surface area contributed by atoms with E-state index >= 15 is 0 Å². The summed E-state index contributed by atoms with van der Waals surface area (Å²) >= 11 is 0. The Labute approximate surface area is 154 Å². The van der Waals surface area contributed by atoms with Crippen LogP contribution in [0.25, 0.3) is 0 Å². The van der Waals surface area contributed by atoms with E-state index in [1.165, 1.54) is 19.3 Å². The molecule has 0 atom stereocenters. The SMILES string of the molecule is C=CCNC(=O)CN(c1ccccc1)S(=O)(=O)c1cc(C)ccc1OC. The zero-order valence-corrected chi connectivity index (χ0v) is 15.6. The highest BCUT2D eigenvalue weighted by atomic mass is 32.2. The average molecular weight is 374 g/mol. The summed E-state index contributed by atoms with van der Waals surface area (Å²) < 4.78 is 32.9. The van der Waals surface area contributed by atoms with Crippen LogP contribution in [0.15, 0.2) is 66.1 Å². The number of para-hydroxylation sites is 1. The highest BCUT2D eigenvalue weighted by molar-refractivity contribution is 7.93. The summed E-state index contributed by atoms with van der Waals surface area (Å²) in [6.07, 6.45) is 1.53. The molecule has 2 rings (SSSR count). The number of rotatable bonds is 8. The van der Waals surface area contributed by atoms with Crippen molar-refractivity contribution in [1.29, 1.82) is 0 Å². The van der Waals surface area contributed by atoms with E-state index in [9.17, 15) is 13.2 Å². The average Bonchev–Trinajstić information content (AvgIpc) is 2.65. The summed E-state index contributed by atoms with van der Waals surface area (Å²) in [6, 6.07) is 13.4. The van der Waals surface area contributed by atoms with E-state index in [0.717, 1.165) is 9.87 Å². The lowest BCUT2D eigenvalue weighted by Gasteiger charge is -2.25. The first-order chi connectivity index (χ1) is 12.4. The molecule has 138 valence electrons. The Morgan fingerprint density at radius 1 is 1.23 bits per heavy atom. The number of nitrogens with one attached hydrogen (secondary N) is 1. The van der Waals surface area contributed by atoms with Crippen LogP contribution in [0.4, 0.5) is 5.69 Å². The van der Waals surface area contributed by atoms with Gasteiger partial charge in [-0.3, -0.25) is 9.10 Å². The van der Waals surface area contributed by atoms with Crippen molar-refractivity contribution in [3.8, 4) is 5.75 Å². The van der Waals surface area contributed by atoms with Gasteiger partial charge in [0.2, 0.25) is 5.91 Å². The molecule has 0 aromatic heterocycles. The monoisotopic (exact) mass is 374 g/mol. The molecule has 0 unspecified atom stereocenters. The molecule has 0 bridgehead atoms. The minimum atomic E-state index is -4.02. The molecule has 6 nitrogen and oxygen atoms in total. The first kappa shape index (κ1) is 19.5. The highest BCUT2D eigenvalue weighted by Gasteiger charge is 2.30. The molecular weight excluding hydrogens is 352 g/mol. The number of amides is 1. The third kappa shape index (κ3) is 4.43. The number of aryl methyl sites for hydroxylation is 1. The van der Waals surface area contributed by atoms with E-state index in [2.05, 4.69) is 11.9 Å². The second kappa shape index (κ2) is 8.53. The van der Waals surface area contributed by atoms with Gasteiger partial charge in [0, 0.05) is 6.54 Å². The molecule has 2 aromatic carbocycles. The lowest BCUT2D eigenvalue weighted by Crippen LogP contribution is -2.41. The predicted octanol–water partition coefficient (Wildman–Crippen LogP) is 2.50. The summed E-state index contributed by atoms with van der Waals surface area (Å²) in [5.74, 6) is -0.202. The van der Waals surface area contributed by atoms with E-state index in [1.54, 1.807) is 49.4 Å². The minimum absolute atomic E-state index is 0.0142. The van der Waals surface area contributed by atoms with Crippen molar-refractivity contribution in [1.82, 2.24) is 5.32 Å². The van der Waals surface area contributed by atoms with Crippen LogP contribution >= 0.6 is 0 Å². The molecule has 0 aliphatic heterocycles. The molecule has 0 aliphatic rings. The van der Waals surface area contributed by atoms with Crippen LogP contribution in [-0.4, -0.2) is 34.5 Å². The second-order valence-electron chi connectivity index (χ2n) is 5.59. The van der Waals surface area contributed by atoms with Crippen LogP contribution in [0.1, 0.15) is 5.56 Å². The first-order valence-electron chi connectivity index (χ1n) is 8.00. The van der Waals surface area contributed by atoms with E-state index < -0.39 is 15.9 Å². The molecule has 7 heteroatoms. The van der Waals surface area contributed by atoms with E-state index in [4.69, 9.17) is 4.74 Å². The third-order valence-electron chi connectivity index (χ3n) is 3.66. The molecular formula is C19H22N2O4S. The number of nitrogens with zero attached hydrogens (tertiary/aromatic N) is 1. The Hall–Kier alpha value is -2.80. The lowest BCUT2D eigenvalue weighted by atomic mass is 10.2. The summed E-state index contributed by atoms with van der Waals surface area (Å²) in [7, 11) is -2.61. The van der Waals surface area contributed by atoms with Crippen molar-refractivity contribution in [3.05, 3.63) is 66.7 Å². The van der Waals surface area contributed by atoms with Gasteiger partial charge in [-0.15, -0.1) is 6.58 Å². The van der Waals surface area contributed by atoms with E-state index in [-0.39, 0.29) is 23.7 Å².